The van der Waals surface area contributed by atoms with Gasteiger partial charge in [0, 0.05) is 0 Å². The van der Waals surface area contributed by atoms with Crippen molar-refractivity contribution in [2.24, 2.45) is 0 Å². The summed E-state index contributed by atoms with van der Waals surface area (Å²) in [5, 5.41) is 12.2. The molecule has 0 amide bonds. The van der Waals surface area contributed by atoms with Crippen LogP contribution in [0.3, 0.4) is 0 Å². The number of halogens is 2. The first-order valence-corrected chi connectivity index (χ1v) is 10.2. The minimum absolute atomic E-state index is 0.115. The van der Waals surface area contributed by atoms with Gasteiger partial charge in [0.15, 0.2) is 0 Å². The Balaban J connectivity index is 1.89. The number of benzene rings is 3. The van der Waals surface area contributed by atoms with Gasteiger partial charge in [-0.25, -0.2) is 13.2 Å². The molecule has 0 radical (unpaired) electrons. The number of aromatic hydroxyl groups is 1. The van der Waals surface area contributed by atoms with Crippen molar-refractivity contribution in [2.75, 3.05) is 0 Å². The predicted octanol–water partition coefficient (Wildman–Crippen LogP) is 4.04. The zero-order valence-corrected chi connectivity index (χ0v) is 16.4. The summed E-state index contributed by atoms with van der Waals surface area (Å²) in [6.45, 7) is 0. The lowest BCUT2D eigenvalue weighted by Gasteiger charge is -2.07. The number of hydrogen-bond acceptors (Lipinski definition) is 4. The van der Waals surface area contributed by atoms with Gasteiger partial charge in [0.2, 0.25) is 5.88 Å². The van der Waals surface area contributed by atoms with Gasteiger partial charge >= 0.3 is 5.69 Å². The zero-order chi connectivity index (χ0) is 20.1. The van der Waals surface area contributed by atoms with Gasteiger partial charge in [-0.15, -0.1) is 3.97 Å². The first-order valence-electron chi connectivity index (χ1n) is 8.02. The minimum atomic E-state index is -4.32. The number of fused-ring (bicyclic) bond motifs is 1. The highest BCUT2D eigenvalue weighted by Gasteiger charge is 2.26. The summed E-state index contributed by atoms with van der Waals surface area (Å²) in [6, 6.07) is 16.1. The van der Waals surface area contributed by atoms with Crippen molar-refractivity contribution < 1.29 is 13.5 Å². The Morgan fingerprint density at radius 2 is 1.57 bits per heavy atom. The largest absolute Gasteiger partial charge is 0.493 e. The average Bonchev–Trinajstić information content (AvgIpc) is 2.98. The third-order valence-electron chi connectivity index (χ3n) is 4.27. The molecule has 0 atom stereocenters. The van der Waals surface area contributed by atoms with Crippen LogP contribution in [0.1, 0.15) is 0 Å². The van der Waals surface area contributed by atoms with Crippen molar-refractivity contribution in [1.29, 1.82) is 0 Å². The van der Waals surface area contributed by atoms with Crippen LogP contribution in [0.25, 0.3) is 16.5 Å². The molecule has 142 valence electrons. The summed E-state index contributed by atoms with van der Waals surface area (Å²) in [5.41, 5.74) is -0.689. The Bertz CT molecular complexity index is 1390. The molecule has 1 aromatic heterocycles. The monoisotopic (exact) mass is 434 g/mol. The lowest BCUT2D eigenvalue weighted by molar-refractivity contribution is 0.443. The second kappa shape index (κ2) is 6.70. The first-order chi connectivity index (χ1) is 13.3. The number of nitrogens with zero attached hydrogens (tertiary/aromatic N) is 2. The summed E-state index contributed by atoms with van der Waals surface area (Å²) in [6.07, 6.45) is 1.01. The van der Waals surface area contributed by atoms with Crippen LogP contribution in [0.5, 0.6) is 5.88 Å². The second-order valence-electron chi connectivity index (χ2n) is 6.02. The van der Waals surface area contributed by atoms with Gasteiger partial charge < -0.3 is 5.11 Å². The highest BCUT2D eigenvalue weighted by atomic mass is 35.5. The van der Waals surface area contributed by atoms with Crippen LogP contribution in [0.2, 0.25) is 10.0 Å². The fourth-order valence-electron chi connectivity index (χ4n) is 2.90. The molecule has 0 spiro atoms. The average molecular weight is 435 g/mol. The smallest absolute Gasteiger partial charge is 0.350 e. The van der Waals surface area contributed by atoms with Gasteiger partial charge in [0.1, 0.15) is 0 Å². The van der Waals surface area contributed by atoms with Crippen molar-refractivity contribution in [3.05, 3.63) is 87.4 Å². The van der Waals surface area contributed by atoms with Gasteiger partial charge in [-0.1, -0.05) is 53.5 Å². The molecule has 3 aromatic carbocycles. The van der Waals surface area contributed by atoms with E-state index in [4.69, 9.17) is 23.2 Å². The highest BCUT2D eigenvalue weighted by molar-refractivity contribution is 7.90. The predicted molar refractivity (Wildman–Crippen MR) is 108 cm³/mol. The van der Waals surface area contributed by atoms with Gasteiger partial charge in [0.25, 0.3) is 10.0 Å². The van der Waals surface area contributed by atoms with Crippen LogP contribution >= 0.6 is 23.2 Å². The Kier molecular flexibility index (Phi) is 4.45. The SMILES string of the molecule is O=c1n(-c2ccc(Cl)c(Cl)c2)cc(O)n1S(=O)(=O)c1ccc2ccccc2c1. The molecule has 1 heterocycles. The van der Waals surface area contributed by atoms with E-state index in [9.17, 15) is 18.3 Å². The Morgan fingerprint density at radius 3 is 2.29 bits per heavy atom. The van der Waals surface area contributed by atoms with E-state index in [1.165, 1.54) is 30.3 Å². The van der Waals surface area contributed by atoms with Crippen LogP contribution in [0, 0.1) is 0 Å². The maximum absolute atomic E-state index is 13.0. The Hall–Kier alpha value is -2.74. The van der Waals surface area contributed by atoms with Crippen LogP contribution in [-0.2, 0) is 10.0 Å². The molecular weight excluding hydrogens is 423 g/mol. The summed E-state index contributed by atoms with van der Waals surface area (Å²) < 4.78 is 27.4. The van der Waals surface area contributed by atoms with E-state index in [-0.39, 0.29) is 20.6 Å². The molecule has 4 aromatic rings. The van der Waals surface area contributed by atoms with E-state index in [0.29, 0.717) is 9.36 Å². The molecule has 28 heavy (non-hydrogen) atoms. The molecule has 0 unspecified atom stereocenters. The molecule has 4 rings (SSSR count). The topological polar surface area (TPSA) is 81.3 Å². The fourth-order valence-corrected chi connectivity index (χ4v) is 4.50. The number of aromatic nitrogens is 2. The van der Waals surface area contributed by atoms with E-state index < -0.39 is 21.6 Å². The molecule has 1 N–H and O–H groups in total. The van der Waals surface area contributed by atoms with Crippen molar-refractivity contribution in [3.8, 4) is 11.6 Å². The minimum Gasteiger partial charge on any atom is -0.493 e. The quantitative estimate of drug-likeness (QED) is 0.527. The van der Waals surface area contributed by atoms with Gasteiger partial charge in [-0.05, 0) is 41.1 Å². The fraction of sp³-hybridized carbons (Fsp3) is 0. The normalized spacial score (nSPS) is 11.8. The molecule has 0 aliphatic rings. The first kappa shape index (κ1) is 18.6. The standard InChI is InChI=1S/C19H12Cl2N2O4S/c20-16-8-6-14(10-17(16)21)22-11-18(24)23(19(22)25)28(26,27)15-7-5-12-3-1-2-4-13(12)9-15/h1-11,24H. The second-order valence-corrected chi connectivity index (χ2v) is 8.62. The van der Waals surface area contributed by atoms with E-state index >= 15 is 0 Å². The van der Waals surface area contributed by atoms with Crippen LogP contribution < -0.4 is 5.69 Å². The van der Waals surface area contributed by atoms with Crippen LogP contribution in [0.15, 0.2) is 76.6 Å². The lowest BCUT2D eigenvalue weighted by atomic mass is 10.1. The van der Waals surface area contributed by atoms with Gasteiger partial charge in [-0.2, -0.15) is 0 Å². The molecular formula is C19H12Cl2N2O4S. The molecule has 0 fully saturated rings. The molecule has 0 aliphatic heterocycles. The number of imidazole rings is 1. The van der Waals surface area contributed by atoms with Crippen molar-refractivity contribution in [1.82, 2.24) is 8.54 Å². The number of rotatable bonds is 3. The van der Waals surface area contributed by atoms with E-state index in [1.54, 1.807) is 18.2 Å². The summed E-state index contributed by atoms with van der Waals surface area (Å²) in [4.78, 5) is 12.7. The molecule has 6 nitrogen and oxygen atoms in total. The molecule has 0 bridgehead atoms. The molecule has 0 aliphatic carbocycles. The number of hydrogen-bond donors (Lipinski definition) is 1. The van der Waals surface area contributed by atoms with E-state index in [0.717, 1.165) is 16.2 Å². The Labute approximate surface area is 169 Å². The van der Waals surface area contributed by atoms with Gasteiger partial charge in [-0.3, -0.25) is 4.57 Å². The maximum atomic E-state index is 13.0. The highest BCUT2D eigenvalue weighted by Crippen LogP contribution is 2.26. The molecule has 0 saturated heterocycles. The third-order valence-corrected chi connectivity index (χ3v) is 6.69. The van der Waals surface area contributed by atoms with Crippen molar-refractivity contribution in [2.45, 2.75) is 4.90 Å². The van der Waals surface area contributed by atoms with Crippen LogP contribution in [0.4, 0.5) is 0 Å². The molecule has 9 heteroatoms. The van der Waals surface area contributed by atoms with Crippen molar-refractivity contribution >= 4 is 44.0 Å². The summed E-state index contributed by atoms with van der Waals surface area (Å²) in [5.74, 6) is -0.718. The maximum Gasteiger partial charge on any atom is 0.350 e. The van der Waals surface area contributed by atoms with Crippen LogP contribution in [-0.4, -0.2) is 22.1 Å². The summed E-state index contributed by atoms with van der Waals surface area (Å²) in [7, 11) is -4.32. The summed E-state index contributed by atoms with van der Waals surface area (Å²) >= 11 is 11.8. The zero-order valence-electron chi connectivity index (χ0n) is 14.1. The van der Waals surface area contributed by atoms with Gasteiger partial charge in [0.05, 0.1) is 26.8 Å². The third kappa shape index (κ3) is 2.97. The van der Waals surface area contributed by atoms with E-state index in [1.807, 2.05) is 12.1 Å². The van der Waals surface area contributed by atoms with Crippen molar-refractivity contribution in [3.63, 3.8) is 0 Å². The van der Waals surface area contributed by atoms with E-state index in [2.05, 4.69) is 0 Å². The lowest BCUT2D eigenvalue weighted by Crippen LogP contribution is -2.28. The molecule has 0 saturated carbocycles. The Morgan fingerprint density at radius 1 is 0.857 bits per heavy atom.